The monoisotopic (exact) mass is 361 g/mol. The first kappa shape index (κ1) is 16.5. The SMILES string of the molecule is NC(=O)c1cccc2cn(-c3ccc(CN4CC5CNCC5C4)cc3)nc12. The molecule has 27 heavy (non-hydrogen) atoms. The number of hydrogen-bond acceptors (Lipinski definition) is 4. The smallest absolute Gasteiger partial charge is 0.250 e. The van der Waals surface area contributed by atoms with Gasteiger partial charge in [-0.1, -0.05) is 24.3 Å². The zero-order valence-corrected chi connectivity index (χ0v) is 15.1. The average molecular weight is 361 g/mol. The Hall–Kier alpha value is -2.70. The van der Waals surface area contributed by atoms with Crippen molar-refractivity contribution in [1.82, 2.24) is 20.0 Å². The number of carbonyl (C=O) groups is 1. The molecule has 138 valence electrons. The molecule has 6 nitrogen and oxygen atoms in total. The second kappa shape index (κ2) is 6.48. The van der Waals surface area contributed by atoms with Crippen LogP contribution in [0.1, 0.15) is 15.9 Å². The zero-order valence-electron chi connectivity index (χ0n) is 15.1. The number of nitrogens with two attached hydrogens (primary N) is 1. The molecule has 0 radical (unpaired) electrons. The molecule has 3 heterocycles. The minimum Gasteiger partial charge on any atom is -0.366 e. The first-order chi connectivity index (χ1) is 13.2. The van der Waals surface area contributed by atoms with Gasteiger partial charge in [0.2, 0.25) is 0 Å². The fourth-order valence-electron chi connectivity index (χ4n) is 4.47. The fraction of sp³-hybridized carbons (Fsp3) is 0.333. The minimum atomic E-state index is -0.452. The van der Waals surface area contributed by atoms with Gasteiger partial charge in [0.05, 0.1) is 11.3 Å². The first-order valence-corrected chi connectivity index (χ1v) is 9.48. The van der Waals surface area contributed by atoms with E-state index in [-0.39, 0.29) is 0 Å². The molecule has 0 saturated carbocycles. The van der Waals surface area contributed by atoms with Crippen LogP contribution in [0.2, 0.25) is 0 Å². The van der Waals surface area contributed by atoms with Gasteiger partial charge in [-0.25, -0.2) is 4.68 Å². The Balaban J connectivity index is 1.35. The van der Waals surface area contributed by atoms with E-state index in [2.05, 4.69) is 39.6 Å². The lowest BCUT2D eigenvalue weighted by Crippen LogP contribution is -2.25. The number of likely N-dealkylation sites (tertiary alicyclic amines) is 1. The topological polar surface area (TPSA) is 76.2 Å². The van der Waals surface area contributed by atoms with Crippen molar-refractivity contribution in [2.75, 3.05) is 26.2 Å². The van der Waals surface area contributed by atoms with Gasteiger partial charge in [0, 0.05) is 31.2 Å². The molecule has 5 rings (SSSR count). The summed E-state index contributed by atoms with van der Waals surface area (Å²) < 4.78 is 1.81. The molecule has 2 atom stereocenters. The molecule has 3 N–H and O–H groups in total. The van der Waals surface area contributed by atoms with Crippen LogP contribution >= 0.6 is 0 Å². The second-order valence-electron chi connectivity index (χ2n) is 7.72. The maximum Gasteiger partial charge on any atom is 0.250 e. The van der Waals surface area contributed by atoms with Crippen LogP contribution in [-0.2, 0) is 6.54 Å². The first-order valence-electron chi connectivity index (χ1n) is 9.48. The quantitative estimate of drug-likeness (QED) is 0.743. The van der Waals surface area contributed by atoms with Gasteiger partial charge < -0.3 is 11.1 Å². The van der Waals surface area contributed by atoms with E-state index in [1.54, 1.807) is 6.07 Å². The van der Waals surface area contributed by atoms with Crippen LogP contribution < -0.4 is 11.1 Å². The summed E-state index contributed by atoms with van der Waals surface area (Å²) >= 11 is 0. The van der Waals surface area contributed by atoms with E-state index in [1.165, 1.54) is 31.7 Å². The summed E-state index contributed by atoms with van der Waals surface area (Å²) in [6, 6.07) is 14.0. The highest BCUT2D eigenvalue weighted by atomic mass is 16.1. The van der Waals surface area contributed by atoms with Crippen molar-refractivity contribution in [3.63, 3.8) is 0 Å². The van der Waals surface area contributed by atoms with Crippen LogP contribution in [0.3, 0.4) is 0 Å². The Kier molecular flexibility index (Phi) is 3.95. The number of fused-ring (bicyclic) bond motifs is 2. The van der Waals surface area contributed by atoms with Crippen LogP contribution in [0.5, 0.6) is 0 Å². The molecule has 1 amide bonds. The molecule has 6 heteroatoms. The van der Waals surface area contributed by atoms with Gasteiger partial charge in [0.25, 0.3) is 5.91 Å². The van der Waals surface area contributed by atoms with Crippen molar-refractivity contribution in [3.05, 3.63) is 59.8 Å². The standard InChI is InChI=1S/C21H23N5O/c22-21(27)19-3-1-2-15-13-26(24-20(15)19)18-6-4-14(5-7-18)10-25-11-16-8-23-9-17(16)12-25/h1-7,13,16-17,23H,8-12H2,(H2,22,27). The van der Waals surface area contributed by atoms with Gasteiger partial charge in [0.1, 0.15) is 5.52 Å². The van der Waals surface area contributed by atoms with Crippen molar-refractivity contribution >= 4 is 16.8 Å². The molecule has 3 aromatic rings. The normalized spacial score (nSPS) is 22.4. The third kappa shape index (κ3) is 3.01. The number of hydrogen-bond donors (Lipinski definition) is 2. The molecular formula is C21H23N5O. The van der Waals surface area contributed by atoms with Crippen molar-refractivity contribution in [3.8, 4) is 5.69 Å². The number of primary amides is 1. The van der Waals surface area contributed by atoms with E-state index in [1.807, 2.05) is 23.0 Å². The predicted molar refractivity (Wildman–Crippen MR) is 105 cm³/mol. The van der Waals surface area contributed by atoms with E-state index in [4.69, 9.17) is 5.73 Å². The van der Waals surface area contributed by atoms with E-state index >= 15 is 0 Å². The third-order valence-electron chi connectivity index (χ3n) is 5.87. The molecule has 2 aromatic carbocycles. The largest absolute Gasteiger partial charge is 0.366 e. The zero-order chi connectivity index (χ0) is 18.4. The summed E-state index contributed by atoms with van der Waals surface area (Å²) in [6.45, 7) is 5.72. The summed E-state index contributed by atoms with van der Waals surface area (Å²) in [6.07, 6.45) is 1.94. The Labute approximate surface area is 157 Å². The van der Waals surface area contributed by atoms with Crippen molar-refractivity contribution in [1.29, 1.82) is 0 Å². The van der Waals surface area contributed by atoms with Crippen LogP contribution in [0.4, 0.5) is 0 Å². The number of aromatic nitrogens is 2. The number of amides is 1. The second-order valence-corrected chi connectivity index (χ2v) is 7.72. The highest BCUT2D eigenvalue weighted by Crippen LogP contribution is 2.27. The predicted octanol–water partition coefficient (Wildman–Crippen LogP) is 1.78. The van der Waals surface area contributed by atoms with Gasteiger partial charge in [-0.15, -0.1) is 0 Å². The molecule has 2 aliphatic rings. The van der Waals surface area contributed by atoms with Gasteiger partial charge in [-0.3, -0.25) is 9.69 Å². The van der Waals surface area contributed by atoms with Crippen LogP contribution in [-0.4, -0.2) is 46.8 Å². The van der Waals surface area contributed by atoms with E-state index in [0.29, 0.717) is 11.1 Å². The van der Waals surface area contributed by atoms with Gasteiger partial charge >= 0.3 is 0 Å². The number of rotatable bonds is 4. The van der Waals surface area contributed by atoms with Crippen LogP contribution in [0, 0.1) is 11.8 Å². The molecule has 0 aliphatic carbocycles. The van der Waals surface area contributed by atoms with Gasteiger partial charge in [-0.05, 0) is 48.7 Å². The van der Waals surface area contributed by atoms with E-state index in [9.17, 15) is 4.79 Å². The molecule has 1 aromatic heterocycles. The van der Waals surface area contributed by atoms with E-state index < -0.39 is 5.91 Å². The molecule has 0 spiro atoms. The Morgan fingerprint density at radius 3 is 2.56 bits per heavy atom. The number of nitrogens with one attached hydrogen (secondary N) is 1. The lowest BCUT2D eigenvalue weighted by atomic mass is 10.0. The summed E-state index contributed by atoms with van der Waals surface area (Å²) in [4.78, 5) is 14.2. The maximum atomic E-state index is 11.6. The van der Waals surface area contributed by atoms with Crippen LogP contribution in [0.15, 0.2) is 48.7 Å². The highest BCUT2D eigenvalue weighted by Gasteiger charge is 2.35. The summed E-state index contributed by atoms with van der Waals surface area (Å²) in [5.74, 6) is 1.19. The Morgan fingerprint density at radius 1 is 1.11 bits per heavy atom. The summed E-state index contributed by atoms with van der Waals surface area (Å²) in [5.41, 5.74) is 8.86. The molecule has 2 aliphatic heterocycles. The van der Waals surface area contributed by atoms with Gasteiger partial charge in [0.15, 0.2) is 0 Å². The van der Waals surface area contributed by atoms with Gasteiger partial charge in [-0.2, -0.15) is 5.10 Å². The molecule has 0 bridgehead atoms. The summed E-state index contributed by atoms with van der Waals surface area (Å²) in [5, 5.41) is 8.97. The molecule has 2 saturated heterocycles. The minimum absolute atomic E-state index is 0.452. The lowest BCUT2D eigenvalue weighted by Gasteiger charge is -2.17. The van der Waals surface area contributed by atoms with Crippen molar-refractivity contribution in [2.24, 2.45) is 17.6 Å². The number of nitrogens with zero attached hydrogens (tertiary/aromatic N) is 3. The fourth-order valence-corrected chi connectivity index (χ4v) is 4.47. The summed E-state index contributed by atoms with van der Waals surface area (Å²) in [7, 11) is 0. The Bertz CT molecular complexity index is 981. The number of benzene rings is 2. The van der Waals surface area contributed by atoms with Crippen LogP contribution in [0.25, 0.3) is 16.6 Å². The Morgan fingerprint density at radius 2 is 1.85 bits per heavy atom. The lowest BCUT2D eigenvalue weighted by molar-refractivity contribution is 0.100. The third-order valence-corrected chi connectivity index (χ3v) is 5.87. The number of carbonyl (C=O) groups excluding carboxylic acids is 1. The van der Waals surface area contributed by atoms with Crippen molar-refractivity contribution < 1.29 is 4.79 Å². The average Bonchev–Trinajstić information content (AvgIpc) is 3.35. The molecule has 2 unspecified atom stereocenters. The highest BCUT2D eigenvalue weighted by molar-refractivity contribution is 6.04. The maximum absolute atomic E-state index is 11.6. The van der Waals surface area contributed by atoms with Crippen molar-refractivity contribution in [2.45, 2.75) is 6.54 Å². The van der Waals surface area contributed by atoms with E-state index in [0.717, 1.165) is 29.5 Å². The molecular weight excluding hydrogens is 338 g/mol. The molecule has 2 fully saturated rings.